The van der Waals surface area contributed by atoms with Crippen molar-refractivity contribution in [3.63, 3.8) is 0 Å². The Hall–Kier alpha value is -2.95. The Bertz CT molecular complexity index is 901. The lowest BCUT2D eigenvalue weighted by Crippen LogP contribution is -2.33. The second kappa shape index (κ2) is 5.60. The number of benzene rings is 2. The first-order valence-electron chi connectivity index (χ1n) is 7.77. The van der Waals surface area contributed by atoms with Crippen LogP contribution in [0.3, 0.4) is 0 Å². The first-order chi connectivity index (χ1) is 11.6. The number of hydrogen-bond donors (Lipinski definition) is 1. The van der Waals surface area contributed by atoms with Crippen molar-refractivity contribution in [3.8, 4) is 0 Å². The number of hydrogen-bond acceptors (Lipinski definition) is 3. The molecule has 1 aliphatic rings. The van der Waals surface area contributed by atoms with Crippen molar-refractivity contribution >= 4 is 11.5 Å². The minimum absolute atomic E-state index is 0.0213. The highest BCUT2D eigenvalue weighted by molar-refractivity contribution is 6.07. The zero-order chi connectivity index (χ0) is 16.7. The van der Waals surface area contributed by atoms with E-state index in [1.54, 1.807) is 18.3 Å². The van der Waals surface area contributed by atoms with Crippen LogP contribution in [0.5, 0.6) is 0 Å². The van der Waals surface area contributed by atoms with Gasteiger partial charge in [0, 0.05) is 30.7 Å². The van der Waals surface area contributed by atoms with Crippen LogP contribution in [0, 0.1) is 5.82 Å². The number of rotatable bonds is 2. The second-order valence-electron chi connectivity index (χ2n) is 5.96. The number of anilines is 1. The van der Waals surface area contributed by atoms with Gasteiger partial charge in [-0.3, -0.25) is 4.79 Å². The first kappa shape index (κ1) is 14.6. The van der Waals surface area contributed by atoms with Crippen molar-refractivity contribution in [1.82, 2.24) is 9.55 Å². The van der Waals surface area contributed by atoms with E-state index in [0.717, 1.165) is 11.3 Å². The van der Waals surface area contributed by atoms with Crippen LogP contribution >= 0.6 is 0 Å². The summed E-state index contributed by atoms with van der Waals surface area (Å²) in [6.07, 6.45) is 3.51. The van der Waals surface area contributed by atoms with Gasteiger partial charge in [0.05, 0.1) is 6.04 Å². The van der Waals surface area contributed by atoms with Crippen LogP contribution in [0.4, 0.5) is 10.1 Å². The summed E-state index contributed by atoms with van der Waals surface area (Å²) < 4.78 is 15.2. The number of para-hydroxylation sites is 1. The number of halogens is 1. The van der Waals surface area contributed by atoms with E-state index in [-0.39, 0.29) is 17.6 Å². The van der Waals surface area contributed by atoms with Gasteiger partial charge in [0.15, 0.2) is 5.78 Å². The van der Waals surface area contributed by atoms with E-state index < -0.39 is 5.92 Å². The molecule has 2 aromatic carbocycles. The topological polar surface area (TPSA) is 46.9 Å². The lowest BCUT2D eigenvalue weighted by Gasteiger charge is -2.33. The third-order valence-corrected chi connectivity index (χ3v) is 4.49. The van der Waals surface area contributed by atoms with Crippen molar-refractivity contribution in [3.05, 3.63) is 83.7 Å². The molecule has 24 heavy (non-hydrogen) atoms. The lowest BCUT2D eigenvalue weighted by molar-refractivity contribution is 0.0939. The van der Waals surface area contributed by atoms with E-state index in [1.807, 2.05) is 42.1 Å². The third kappa shape index (κ3) is 2.29. The van der Waals surface area contributed by atoms with Crippen molar-refractivity contribution in [1.29, 1.82) is 0 Å². The third-order valence-electron chi connectivity index (χ3n) is 4.49. The van der Waals surface area contributed by atoms with E-state index in [1.165, 1.54) is 12.1 Å². The Morgan fingerprint density at radius 1 is 1.12 bits per heavy atom. The van der Waals surface area contributed by atoms with E-state index in [0.29, 0.717) is 11.4 Å². The summed E-state index contributed by atoms with van der Waals surface area (Å²) >= 11 is 0. The molecule has 0 radical (unpaired) electrons. The molecule has 0 spiro atoms. The number of carbonyl (C=O) groups excluding carboxylic acids is 1. The van der Waals surface area contributed by atoms with E-state index in [4.69, 9.17) is 0 Å². The van der Waals surface area contributed by atoms with Crippen LogP contribution in [0.1, 0.15) is 33.7 Å². The maximum atomic E-state index is 13.3. The standard InChI is InChI=1S/C19H16FN3O/c1-23-11-10-21-19(23)16-17(12-6-8-13(20)9-7-12)22-15-5-3-2-4-14(15)18(16)24/h2-11,16-17,22H,1H3. The largest absolute Gasteiger partial charge is 0.376 e. The molecular formula is C19H16FN3O. The van der Waals surface area contributed by atoms with Gasteiger partial charge in [-0.25, -0.2) is 9.37 Å². The van der Waals surface area contributed by atoms with Gasteiger partial charge >= 0.3 is 0 Å². The minimum atomic E-state index is -0.467. The molecule has 0 bridgehead atoms. The van der Waals surface area contributed by atoms with E-state index in [2.05, 4.69) is 10.3 Å². The highest BCUT2D eigenvalue weighted by Crippen LogP contribution is 2.41. The molecule has 4 rings (SSSR count). The molecule has 4 nitrogen and oxygen atoms in total. The molecule has 5 heteroatoms. The summed E-state index contributed by atoms with van der Waals surface area (Å²) in [5, 5.41) is 3.43. The number of aryl methyl sites for hydroxylation is 1. The maximum absolute atomic E-state index is 13.3. The van der Waals surface area contributed by atoms with Crippen molar-refractivity contribution in [2.45, 2.75) is 12.0 Å². The predicted molar refractivity (Wildman–Crippen MR) is 89.5 cm³/mol. The summed E-state index contributed by atoms with van der Waals surface area (Å²) in [7, 11) is 1.87. The van der Waals surface area contributed by atoms with Gasteiger partial charge in [0.1, 0.15) is 17.6 Å². The van der Waals surface area contributed by atoms with Gasteiger partial charge in [-0.2, -0.15) is 0 Å². The first-order valence-corrected chi connectivity index (χ1v) is 7.77. The molecule has 1 aliphatic heterocycles. The van der Waals surface area contributed by atoms with Crippen LogP contribution in [0.15, 0.2) is 60.9 Å². The molecular weight excluding hydrogens is 305 g/mol. The Morgan fingerprint density at radius 3 is 2.58 bits per heavy atom. The maximum Gasteiger partial charge on any atom is 0.177 e. The molecule has 0 amide bonds. The number of carbonyl (C=O) groups is 1. The normalized spacial score (nSPS) is 19.7. The Labute approximate surface area is 139 Å². The minimum Gasteiger partial charge on any atom is -0.376 e. The molecule has 0 saturated carbocycles. The van der Waals surface area contributed by atoms with Gasteiger partial charge in [-0.1, -0.05) is 24.3 Å². The summed E-state index contributed by atoms with van der Waals surface area (Å²) in [5.41, 5.74) is 2.30. The Balaban J connectivity index is 1.87. The summed E-state index contributed by atoms with van der Waals surface area (Å²) in [6.45, 7) is 0. The van der Waals surface area contributed by atoms with Crippen LogP contribution in [-0.2, 0) is 7.05 Å². The number of nitrogens with one attached hydrogen (secondary N) is 1. The molecule has 0 aliphatic carbocycles. The Kier molecular flexibility index (Phi) is 3.41. The summed E-state index contributed by atoms with van der Waals surface area (Å²) in [4.78, 5) is 17.5. The predicted octanol–water partition coefficient (Wildman–Crippen LogP) is 3.69. The number of nitrogens with zero attached hydrogens (tertiary/aromatic N) is 2. The van der Waals surface area contributed by atoms with Gasteiger partial charge in [-0.15, -0.1) is 0 Å². The molecule has 0 saturated heterocycles. The van der Waals surface area contributed by atoms with E-state index in [9.17, 15) is 9.18 Å². The van der Waals surface area contributed by atoms with Gasteiger partial charge in [0.25, 0.3) is 0 Å². The molecule has 1 N–H and O–H groups in total. The molecule has 2 atom stereocenters. The van der Waals surface area contributed by atoms with Crippen LogP contribution in [0.2, 0.25) is 0 Å². The number of aromatic nitrogens is 2. The fraction of sp³-hybridized carbons (Fsp3) is 0.158. The van der Waals surface area contributed by atoms with E-state index >= 15 is 0 Å². The molecule has 1 aromatic heterocycles. The Morgan fingerprint density at radius 2 is 1.88 bits per heavy atom. The van der Waals surface area contributed by atoms with Gasteiger partial charge in [-0.05, 0) is 29.8 Å². The quantitative estimate of drug-likeness (QED) is 0.783. The average molecular weight is 321 g/mol. The zero-order valence-corrected chi connectivity index (χ0v) is 13.1. The van der Waals surface area contributed by atoms with Crippen LogP contribution in [0.25, 0.3) is 0 Å². The van der Waals surface area contributed by atoms with Crippen molar-refractivity contribution in [2.75, 3.05) is 5.32 Å². The highest BCUT2D eigenvalue weighted by Gasteiger charge is 2.39. The van der Waals surface area contributed by atoms with Crippen LogP contribution < -0.4 is 5.32 Å². The number of ketones is 1. The number of Topliss-reactive ketones (excluding diaryl/α,β-unsaturated/α-hetero) is 1. The highest BCUT2D eigenvalue weighted by atomic mass is 19.1. The van der Waals surface area contributed by atoms with Crippen LogP contribution in [-0.4, -0.2) is 15.3 Å². The SMILES string of the molecule is Cn1ccnc1C1C(=O)c2ccccc2NC1c1ccc(F)cc1. The number of fused-ring (bicyclic) bond motifs is 1. The number of imidazole rings is 1. The molecule has 3 aromatic rings. The van der Waals surface area contributed by atoms with Gasteiger partial charge < -0.3 is 9.88 Å². The van der Waals surface area contributed by atoms with Crippen molar-refractivity contribution < 1.29 is 9.18 Å². The van der Waals surface area contributed by atoms with Gasteiger partial charge in [0.2, 0.25) is 0 Å². The lowest BCUT2D eigenvalue weighted by atomic mass is 9.82. The fourth-order valence-electron chi connectivity index (χ4n) is 3.28. The molecule has 120 valence electrons. The fourth-order valence-corrected chi connectivity index (χ4v) is 3.28. The average Bonchev–Trinajstić information content (AvgIpc) is 3.01. The molecule has 0 fully saturated rings. The molecule has 2 unspecified atom stereocenters. The summed E-state index contributed by atoms with van der Waals surface area (Å²) in [6, 6.07) is 13.4. The summed E-state index contributed by atoms with van der Waals surface area (Å²) in [5.74, 6) is -0.0514. The smallest absolute Gasteiger partial charge is 0.177 e. The van der Waals surface area contributed by atoms with Crippen molar-refractivity contribution in [2.24, 2.45) is 7.05 Å². The second-order valence-corrected chi connectivity index (χ2v) is 5.96. The zero-order valence-electron chi connectivity index (χ0n) is 13.1. The molecule has 2 heterocycles. The monoisotopic (exact) mass is 321 g/mol.